The van der Waals surface area contributed by atoms with Gasteiger partial charge in [-0.25, -0.2) is 4.98 Å². The van der Waals surface area contributed by atoms with E-state index in [0.29, 0.717) is 29.1 Å². The highest BCUT2D eigenvalue weighted by Gasteiger charge is 2.47. The van der Waals surface area contributed by atoms with E-state index in [9.17, 15) is 9.90 Å². The fraction of sp³-hybridized carbons (Fsp3) is 0.556. The van der Waals surface area contributed by atoms with Crippen molar-refractivity contribution < 1.29 is 14.6 Å². The second-order valence-electron chi connectivity index (χ2n) is 14.7. The molecule has 3 N–H and O–H groups in total. The molecule has 2 aliphatic heterocycles. The second-order valence-corrected chi connectivity index (χ2v) is 14.7. The van der Waals surface area contributed by atoms with Crippen LogP contribution >= 0.6 is 0 Å². The van der Waals surface area contributed by atoms with Gasteiger partial charge in [0.25, 0.3) is 5.91 Å². The fourth-order valence-electron chi connectivity index (χ4n) is 8.49. The number of amides is 1. The third kappa shape index (κ3) is 4.81. The Bertz CT molecular complexity index is 1790. The first-order valence-corrected chi connectivity index (χ1v) is 16.8. The van der Waals surface area contributed by atoms with Crippen LogP contribution in [0.4, 0.5) is 5.69 Å². The summed E-state index contributed by atoms with van der Waals surface area (Å²) in [6, 6.07) is 13.1. The van der Waals surface area contributed by atoms with E-state index in [1.54, 1.807) is 7.11 Å². The molecule has 4 heterocycles. The van der Waals surface area contributed by atoms with Crippen LogP contribution in [0.2, 0.25) is 0 Å². The van der Waals surface area contributed by atoms with Crippen LogP contribution in [0, 0.1) is 17.8 Å². The van der Waals surface area contributed by atoms with E-state index in [1.807, 2.05) is 37.9 Å². The Kier molecular flexibility index (Phi) is 6.73. The maximum atomic E-state index is 13.7. The number of piperidine rings is 2. The molecule has 2 saturated heterocycles. The highest BCUT2D eigenvalue weighted by molar-refractivity contribution is 6.00. The van der Waals surface area contributed by atoms with Crippen LogP contribution in [0.25, 0.3) is 33.5 Å². The van der Waals surface area contributed by atoms with E-state index in [1.165, 1.54) is 29.4 Å². The van der Waals surface area contributed by atoms with Crippen LogP contribution in [0.1, 0.15) is 62.7 Å². The molecule has 2 unspecified atom stereocenters. The third-order valence-electron chi connectivity index (χ3n) is 11.4. The smallest absolute Gasteiger partial charge is 0.254 e. The van der Waals surface area contributed by atoms with Gasteiger partial charge in [-0.3, -0.25) is 4.79 Å². The Morgan fingerprint density at radius 1 is 1.07 bits per heavy atom. The molecule has 1 amide bonds. The van der Waals surface area contributed by atoms with E-state index < -0.39 is 5.60 Å². The van der Waals surface area contributed by atoms with E-state index in [2.05, 4.69) is 38.3 Å². The normalized spacial score (nSPS) is 24.0. The number of rotatable bonds is 7. The molecular weight excluding hydrogens is 564 g/mol. The molecule has 8 rings (SSSR count). The first-order valence-electron chi connectivity index (χ1n) is 16.8. The average molecular weight is 611 g/mol. The molecule has 2 saturated carbocycles. The Morgan fingerprint density at radius 2 is 1.84 bits per heavy atom. The highest BCUT2D eigenvalue weighted by atomic mass is 16.5. The van der Waals surface area contributed by atoms with Crippen LogP contribution in [0.5, 0.6) is 5.75 Å². The summed E-state index contributed by atoms with van der Waals surface area (Å²) in [7, 11) is 3.71. The van der Waals surface area contributed by atoms with Crippen LogP contribution in [-0.4, -0.2) is 74.5 Å². The quantitative estimate of drug-likeness (QED) is 0.300. The molecule has 9 heteroatoms. The number of carbonyl (C=O) groups excluding carboxylic acids is 1. The molecule has 9 nitrogen and oxygen atoms in total. The van der Waals surface area contributed by atoms with E-state index >= 15 is 0 Å². The number of aliphatic hydroxyl groups is 1. The zero-order chi connectivity index (χ0) is 31.2. The Labute approximate surface area is 264 Å². The van der Waals surface area contributed by atoms with Crippen molar-refractivity contribution in [1.29, 1.82) is 0 Å². The third-order valence-corrected chi connectivity index (χ3v) is 11.4. The summed E-state index contributed by atoms with van der Waals surface area (Å²) in [5.74, 6) is 2.97. The maximum absolute atomic E-state index is 13.7. The van der Waals surface area contributed by atoms with Gasteiger partial charge in [-0.2, -0.15) is 0 Å². The lowest BCUT2D eigenvalue weighted by Gasteiger charge is -2.38. The Balaban J connectivity index is 1.17. The molecule has 4 aromatic rings. The molecule has 2 aromatic heterocycles. The molecular formula is C36H46N6O3. The molecule has 2 aliphatic carbocycles. The van der Waals surface area contributed by atoms with Gasteiger partial charge in [0, 0.05) is 61.9 Å². The fourth-order valence-corrected chi connectivity index (χ4v) is 8.49. The molecule has 3 atom stereocenters. The van der Waals surface area contributed by atoms with Crippen molar-refractivity contribution in [2.45, 2.75) is 76.6 Å². The van der Waals surface area contributed by atoms with Gasteiger partial charge in [0.05, 0.1) is 29.4 Å². The van der Waals surface area contributed by atoms with Crippen molar-refractivity contribution in [2.24, 2.45) is 30.5 Å². The molecule has 0 spiro atoms. The number of carbonyl (C=O) groups is 1. The largest absolute Gasteiger partial charge is 0.494 e. The number of hydrogen-bond acceptors (Lipinski definition) is 6. The van der Waals surface area contributed by atoms with Crippen LogP contribution in [0.3, 0.4) is 0 Å². The molecule has 0 radical (unpaired) electrons. The number of hydrogen-bond donors (Lipinski definition) is 2. The van der Waals surface area contributed by atoms with Gasteiger partial charge in [-0.05, 0) is 100 Å². The number of imidazole rings is 1. The van der Waals surface area contributed by atoms with Crippen LogP contribution in [0.15, 0.2) is 36.4 Å². The van der Waals surface area contributed by atoms with Crippen LogP contribution in [-0.2, 0) is 13.6 Å². The average Bonchev–Trinajstić information content (AvgIpc) is 3.44. The van der Waals surface area contributed by atoms with Gasteiger partial charge >= 0.3 is 0 Å². The zero-order valence-electron chi connectivity index (χ0n) is 27.0. The number of ether oxygens (including phenoxy) is 1. The summed E-state index contributed by atoms with van der Waals surface area (Å²) in [5.41, 5.74) is 11.6. The maximum Gasteiger partial charge on any atom is 0.254 e. The summed E-state index contributed by atoms with van der Waals surface area (Å²) in [6.45, 7) is 7.48. The number of methoxy groups -OCH3 is 1. The van der Waals surface area contributed by atoms with Crippen molar-refractivity contribution in [3.8, 4) is 17.3 Å². The Morgan fingerprint density at radius 3 is 2.49 bits per heavy atom. The van der Waals surface area contributed by atoms with Crippen molar-refractivity contribution in [2.75, 3.05) is 31.6 Å². The predicted octanol–water partition coefficient (Wildman–Crippen LogP) is 5.16. The summed E-state index contributed by atoms with van der Waals surface area (Å²) in [5, 5.41) is 11.8. The van der Waals surface area contributed by atoms with Gasteiger partial charge in [-0.15, -0.1) is 0 Å². The second kappa shape index (κ2) is 10.5. The lowest BCUT2D eigenvalue weighted by Crippen LogP contribution is -2.41. The minimum absolute atomic E-state index is 0.0204. The topological polar surface area (TPSA) is 102 Å². The number of likely N-dealkylation sites (tertiary alicyclic amines) is 1. The van der Waals surface area contributed by atoms with E-state index in [-0.39, 0.29) is 18.0 Å². The number of anilines is 1. The highest BCUT2D eigenvalue weighted by Crippen LogP contribution is 2.41. The van der Waals surface area contributed by atoms with Crippen molar-refractivity contribution in [1.82, 2.24) is 19.0 Å². The summed E-state index contributed by atoms with van der Waals surface area (Å²) in [4.78, 5) is 23.4. The number of benzene rings is 2. The SMILES string of the molecule is COc1cc(C(=O)N2CC3CCC2[C@@H]3N)cc2nc(-c3cc4ccc(N5CCC(C(C)(C)O)CC5)cc4n3CC3CC3)n(C)c12. The monoisotopic (exact) mass is 610 g/mol. The molecule has 2 aromatic carbocycles. The lowest BCUT2D eigenvalue weighted by atomic mass is 9.83. The lowest BCUT2D eigenvalue weighted by molar-refractivity contribution is 0.00651. The summed E-state index contributed by atoms with van der Waals surface area (Å²) < 4.78 is 10.5. The predicted molar refractivity (Wildman–Crippen MR) is 178 cm³/mol. The van der Waals surface area contributed by atoms with E-state index in [0.717, 1.165) is 74.4 Å². The van der Waals surface area contributed by atoms with Crippen molar-refractivity contribution in [3.05, 3.63) is 42.0 Å². The van der Waals surface area contributed by atoms with Gasteiger partial charge in [0.2, 0.25) is 0 Å². The van der Waals surface area contributed by atoms with Crippen LogP contribution < -0.4 is 15.4 Å². The number of nitrogens with zero attached hydrogens (tertiary/aromatic N) is 5. The van der Waals surface area contributed by atoms with E-state index in [4.69, 9.17) is 15.5 Å². The summed E-state index contributed by atoms with van der Waals surface area (Å²) >= 11 is 0. The number of fused-ring (bicyclic) bond motifs is 4. The molecule has 4 fully saturated rings. The first kappa shape index (κ1) is 28.9. The van der Waals surface area contributed by atoms with Gasteiger partial charge in [0.15, 0.2) is 5.82 Å². The van der Waals surface area contributed by atoms with Gasteiger partial charge in [-0.1, -0.05) is 6.07 Å². The van der Waals surface area contributed by atoms with Gasteiger partial charge in [0.1, 0.15) is 11.3 Å². The molecule has 4 aliphatic rings. The number of aromatic nitrogens is 3. The first-order chi connectivity index (χ1) is 21.6. The van der Waals surface area contributed by atoms with Crippen molar-refractivity contribution in [3.63, 3.8) is 0 Å². The van der Waals surface area contributed by atoms with Crippen molar-refractivity contribution >= 4 is 33.5 Å². The Hall–Kier alpha value is -3.56. The molecule has 2 bridgehead atoms. The minimum atomic E-state index is -0.631. The zero-order valence-corrected chi connectivity index (χ0v) is 27.0. The van der Waals surface area contributed by atoms with Gasteiger partial charge < -0.3 is 34.5 Å². The number of aryl methyl sites for hydroxylation is 1. The number of nitrogens with two attached hydrogens (primary N) is 1. The molecule has 238 valence electrons. The molecule has 45 heavy (non-hydrogen) atoms. The standard InChI is InChI=1S/C36H46N6O3/c1-36(2,44)25-11-13-40(14-12-25)26-9-7-22-16-30(41(29(22)18-26)19-21-5-6-21)34-38-27-15-24(17-31(45-4)33(27)39(34)3)35(43)42-20-23-8-10-28(42)32(23)37/h7,9,15-18,21,23,25,28,32,44H,5-6,8,10-14,19-20,37H2,1-4H3/t23?,28?,32-/m1/s1. The summed E-state index contributed by atoms with van der Waals surface area (Å²) in [6.07, 6.45) is 6.59. The minimum Gasteiger partial charge on any atom is -0.494 e.